The second kappa shape index (κ2) is 10.6. The topological polar surface area (TPSA) is 50.7 Å². The van der Waals surface area contributed by atoms with Crippen LogP contribution >= 0.6 is 0 Å². The number of hydrogen-bond donors (Lipinski definition) is 2. The highest BCUT2D eigenvalue weighted by atomic mass is 16.5. The first-order chi connectivity index (χ1) is 9.24. The normalized spacial score (nSPS) is 22.6. The summed E-state index contributed by atoms with van der Waals surface area (Å²) < 4.78 is 10.9. The van der Waals surface area contributed by atoms with Gasteiger partial charge in [0.15, 0.2) is 0 Å². The maximum absolute atomic E-state index is 9.82. The van der Waals surface area contributed by atoms with Gasteiger partial charge in [-0.2, -0.15) is 0 Å². The summed E-state index contributed by atoms with van der Waals surface area (Å²) in [6, 6.07) is 0.404. The number of aliphatic hydroxyl groups is 1. The fourth-order valence-corrected chi connectivity index (χ4v) is 2.34. The average Bonchev–Trinajstić information content (AvgIpc) is 2.94. The molecule has 1 aliphatic heterocycles. The van der Waals surface area contributed by atoms with Crippen molar-refractivity contribution in [3.63, 3.8) is 0 Å². The maximum atomic E-state index is 9.82. The number of rotatable bonds is 11. The molecule has 1 saturated heterocycles. The molecule has 0 bridgehead atoms. The van der Waals surface area contributed by atoms with Crippen LogP contribution in [0.4, 0.5) is 0 Å². The number of nitrogens with one attached hydrogen (secondary N) is 1. The minimum Gasteiger partial charge on any atom is -0.389 e. The third kappa shape index (κ3) is 7.88. The first kappa shape index (κ1) is 16.9. The van der Waals surface area contributed by atoms with E-state index in [9.17, 15) is 5.11 Å². The molecule has 1 fully saturated rings. The number of unbranched alkanes of at least 4 members (excludes halogenated alkanes) is 3. The lowest BCUT2D eigenvalue weighted by Gasteiger charge is -2.21. The van der Waals surface area contributed by atoms with Gasteiger partial charge in [0.05, 0.1) is 19.3 Å². The predicted molar refractivity (Wildman–Crippen MR) is 77.4 cm³/mol. The van der Waals surface area contributed by atoms with Gasteiger partial charge in [-0.15, -0.1) is 0 Å². The van der Waals surface area contributed by atoms with E-state index in [-0.39, 0.29) is 0 Å². The van der Waals surface area contributed by atoms with Crippen LogP contribution in [-0.4, -0.2) is 50.2 Å². The fourth-order valence-electron chi connectivity index (χ4n) is 2.34. The van der Waals surface area contributed by atoms with Crippen molar-refractivity contribution < 1.29 is 14.6 Å². The monoisotopic (exact) mass is 273 g/mol. The van der Waals surface area contributed by atoms with E-state index < -0.39 is 6.10 Å². The lowest BCUT2D eigenvalue weighted by molar-refractivity contribution is 0.0332. The third-order valence-electron chi connectivity index (χ3n) is 3.80. The lowest BCUT2D eigenvalue weighted by Crippen LogP contribution is -2.40. The van der Waals surface area contributed by atoms with Gasteiger partial charge in [0.25, 0.3) is 0 Å². The number of aliphatic hydroxyl groups excluding tert-OH is 1. The van der Waals surface area contributed by atoms with Crippen LogP contribution in [0, 0.1) is 5.92 Å². The molecule has 0 saturated carbocycles. The van der Waals surface area contributed by atoms with Gasteiger partial charge in [-0.1, -0.05) is 26.2 Å². The van der Waals surface area contributed by atoms with Crippen molar-refractivity contribution in [3.05, 3.63) is 0 Å². The Morgan fingerprint density at radius 3 is 2.89 bits per heavy atom. The van der Waals surface area contributed by atoms with Gasteiger partial charge in [-0.3, -0.25) is 0 Å². The highest BCUT2D eigenvalue weighted by molar-refractivity contribution is 4.76. The molecule has 0 aromatic rings. The summed E-state index contributed by atoms with van der Waals surface area (Å²) in [6.07, 6.45) is 5.56. The van der Waals surface area contributed by atoms with Crippen molar-refractivity contribution in [3.8, 4) is 0 Å². The summed E-state index contributed by atoms with van der Waals surface area (Å²) in [7, 11) is 0. The Morgan fingerprint density at radius 1 is 1.37 bits per heavy atom. The van der Waals surface area contributed by atoms with E-state index in [0.717, 1.165) is 32.7 Å². The minimum atomic E-state index is -0.407. The molecule has 0 radical (unpaired) electrons. The van der Waals surface area contributed by atoms with Crippen molar-refractivity contribution in [2.24, 2.45) is 5.92 Å². The smallest absolute Gasteiger partial charge is 0.0897 e. The molecule has 0 aromatic heterocycles. The summed E-state index contributed by atoms with van der Waals surface area (Å²) in [4.78, 5) is 0. The van der Waals surface area contributed by atoms with Crippen molar-refractivity contribution >= 4 is 0 Å². The zero-order chi connectivity index (χ0) is 13.9. The van der Waals surface area contributed by atoms with Crippen molar-refractivity contribution in [2.45, 2.75) is 58.1 Å². The minimum absolute atomic E-state index is 0.404. The third-order valence-corrected chi connectivity index (χ3v) is 3.80. The van der Waals surface area contributed by atoms with Gasteiger partial charge in [-0.05, 0) is 25.7 Å². The van der Waals surface area contributed by atoms with Crippen molar-refractivity contribution in [2.75, 3.05) is 33.0 Å². The van der Waals surface area contributed by atoms with Crippen molar-refractivity contribution in [1.82, 2.24) is 5.32 Å². The number of ether oxygens (including phenoxy) is 2. The summed E-state index contributed by atoms with van der Waals surface area (Å²) in [5, 5.41) is 13.2. The summed E-state index contributed by atoms with van der Waals surface area (Å²) in [5.74, 6) is 0.585. The molecule has 19 heavy (non-hydrogen) atoms. The Morgan fingerprint density at radius 2 is 2.21 bits per heavy atom. The zero-order valence-corrected chi connectivity index (χ0v) is 12.6. The highest BCUT2D eigenvalue weighted by Crippen LogP contribution is 2.16. The second-order valence-corrected chi connectivity index (χ2v) is 5.61. The fraction of sp³-hybridized carbons (Fsp3) is 1.00. The molecule has 4 nitrogen and oxygen atoms in total. The van der Waals surface area contributed by atoms with Crippen LogP contribution in [0.2, 0.25) is 0 Å². The Bertz CT molecular complexity index is 208. The van der Waals surface area contributed by atoms with E-state index in [1.807, 2.05) is 0 Å². The molecule has 1 aliphatic rings. The van der Waals surface area contributed by atoms with E-state index in [0.29, 0.717) is 25.1 Å². The van der Waals surface area contributed by atoms with Crippen molar-refractivity contribution in [1.29, 1.82) is 0 Å². The average molecular weight is 273 g/mol. The van der Waals surface area contributed by atoms with Gasteiger partial charge in [0, 0.05) is 25.8 Å². The molecule has 1 rings (SSSR count). The zero-order valence-electron chi connectivity index (χ0n) is 12.6. The summed E-state index contributed by atoms with van der Waals surface area (Å²) >= 11 is 0. The quantitative estimate of drug-likeness (QED) is 0.565. The SMILES string of the molecule is CCCCCCOCC(O)CNC(C)C1CCOC1. The van der Waals surface area contributed by atoms with E-state index in [4.69, 9.17) is 9.47 Å². The standard InChI is InChI=1S/C15H31NO3/c1-3-4-5-6-8-18-12-15(17)10-16-13(2)14-7-9-19-11-14/h13-17H,3-12H2,1-2H3. The number of hydrogen-bond acceptors (Lipinski definition) is 4. The lowest BCUT2D eigenvalue weighted by atomic mass is 10.0. The summed E-state index contributed by atoms with van der Waals surface area (Å²) in [5.41, 5.74) is 0. The van der Waals surface area contributed by atoms with E-state index in [1.54, 1.807) is 0 Å². The van der Waals surface area contributed by atoms with Crippen LogP contribution in [0.25, 0.3) is 0 Å². The molecular formula is C15H31NO3. The van der Waals surface area contributed by atoms with Crippen LogP contribution in [0.5, 0.6) is 0 Å². The molecule has 0 amide bonds. The molecule has 1 heterocycles. The first-order valence-corrected chi connectivity index (χ1v) is 7.81. The molecule has 114 valence electrons. The molecule has 0 aliphatic carbocycles. The Kier molecular flexibility index (Phi) is 9.43. The predicted octanol–water partition coefficient (Wildman–Crippen LogP) is 1.96. The van der Waals surface area contributed by atoms with E-state index in [2.05, 4.69) is 19.2 Å². The van der Waals surface area contributed by atoms with Gasteiger partial charge in [-0.25, -0.2) is 0 Å². The Balaban J connectivity index is 1.93. The van der Waals surface area contributed by atoms with Crippen LogP contribution in [0.3, 0.4) is 0 Å². The molecule has 3 unspecified atom stereocenters. The Labute approximate surface area is 117 Å². The van der Waals surface area contributed by atoms with Crippen LogP contribution in [-0.2, 0) is 9.47 Å². The van der Waals surface area contributed by atoms with Crippen LogP contribution in [0.15, 0.2) is 0 Å². The molecule has 4 heteroatoms. The van der Waals surface area contributed by atoms with Gasteiger partial charge >= 0.3 is 0 Å². The van der Waals surface area contributed by atoms with E-state index >= 15 is 0 Å². The second-order valence-electron chi connectivity index (χ2n) is 5.61. The van der Waals surface area contributed by atoms with Gasteiger partial charge < -0.3 is 19.9 Å². The largest absolute Gasteiger partial charge is 0.389 e. The molecule has 2 N–H and O–H groups in total. The van der Waals surface area contributed by atoms with Crippen LogP contribution in [0.1, 0.15) is 46.0 Å². The highest BCUT2D eigenvalue weighted by Gasteiger charge is 2.22. The maximum Gasteiger partial charge on any atom is 0.0897 e. The molecular weight excluding hydrogens is 242 g/mol. The van der Waals surface area contributed by atoms with Gasteiger partial charge in [0.1, 0.15) is 0 Å². The molecule has 3 atom stereocenters. The Hall–Kier alpha value is -0.160. The first-order valence-electron chi connectivity index (χ1n) is 7.81. The van der Waals surface area contributed by atoms with Crippen LogP contribution < -0.4 is 5.32 Å². The summed E-state index contributed by atoms with van der Waals surface area (Å²) in [6.45, 7) is 7.89. The van der Waals surface area contributed by atoms with E-state index in [1.165, 1.54) is 19.3 Å². The molecule has 0 aromatic carbocycles. The molecule has 0 spiro atoms. The van der Waals surface area contributed by atoms with Gasteiger partial charge in [0.2, 0.25) is 0 Å².